The van der Waals surface area contributed by atoms with E-state index in [-0.39, 0.29) is 18.3 Å². The fraction of sp³-hybridized carbons (Fsp3) is 0.533. The average molecular weight is 279 g/mol. The number of carboxylic acids is 1. The van der Waals surface area contributed by atoms with Crippen LogP contribution in [0.3, 0.4) is 0 Å². The lowest BCUT2D eigenvalue weighted by Gasteiger charge is -2.32. The maximum absolute atomic E-state index is 11.4. The number of carboxylic acid groups (broad SMARTS) is 1. The average Bonchev–Trinajstić information content (AvgIpc) is 2.42. The van der Waals surface area contributed by atoms with Crippen molar-refractivity contribution >= 4 is 5.97 Å². The summed E-state index contributed by atoms with van der Waals surface area (Å²) in [5.74, 6) is -0.834. The molecule has 0 saturated carbocycles. The summed E-state index contributed by atoms with van der Waals surface area (Å²) in [7, 11) is 2.05. The van der Waals surface area contributed by atoms with Gasteiger partial charge in [-0.05, 0) is 51.0 Å². The van der Waals surface area contributed by atoms with E-state index >= 15 is 0 Å². The van der Waals surface area contributed by atoms with Crippen molar-refractivity contribution in [3.8, 4) is 11.5 Å². The fourth-order valence-electron chi connectivity index (χ4n) is 2.60. The minimum Gasteiger partial charge on any atom is -0.504 e. The van der Waals surface area contributed by atoms with Crippen molar-refractivity contribution in [3.05, 3.63) is 24.3 Å². The van der Waals surface area contributed by atoms with Crippen molar-refractivity contribution in [1.29, 1.82) is 0 Å². The number of benzene rings is 1. The van der Waals surface area contributed by atoms with Gasteiger partial charge in [0.15, 0.2) is 11.5 Å². The van der Waals surface area contributed by atoms with E-state index < -0.39 is 11.9 Å². The highest BCUT2D eigenvalue weighted by molar-refractivity contribution is 5.70. The fourth-order valence-corrected chi connectivity index (χ4v) is 2.60. The zero-order valence-electron chi connectivity index (χ0n) is 11.7. The number of aromatic hydroxyl groups is 1. The van der Waals surface area contributed by atoms with Gasteiger partial charge in [-0.3, -0.25) is 4.79 Å². The number of phenols is 1. The van der Waals surface area contributed by atoms with E-state index in [0.29, 0.717) is 5.75 Å². The number of carbonyl (C=O) groups is 1. The zero-order valence-corrected chi connectivity index (χ0v) is 11.7. The number of likely N-dealkylation sites (tertiary alicyclic amines) is 1. The Morgan fingerprint density at radius 2 is 2.05 bits per heavy atom. The van der Waals surface area contributed by atoms with Crippen molar-refractivity contribution < 1.29 is 19.7 Å². The molecule has 0 spiro atoms. The molecule has 1 aromatic rings. The zero-order chi connectivity index (χ0) is 14.5. The number of para-hydroxylation sites is 2. The van der Waals surface area contributed by atoms with E-state index in [1.165, 1.54) is 6.07 Å². The topological polar surface area (TPSA) is 70.0 Å². The first kappa shape index (κ1) is 14.7. The number of hydrogen-bond donors (Lipinski definition) is 2. The minimum absolute atomic E-state index is 0.0417. The summed E-state index contributed by atoms with van der Waals surface area (Å²) in [6.07, 6.45) is 1.75. The first-order valence-corrected chi connectivity index (χ1v) is 6.90. The van der Waals surface area contributed by atoms with Crippen molar-refractivity contribution in [1.82, 2.24) is 4.90 Å². The molecule has 1 aliphatic heterocycles. The number of nitrogens with zero attached hydrogens (tertiary/aromatic N) is 1. The molecule has 5 heteroatoms. The lowest BCUT2D eigenvalue weighted by Crippen LogP contribution is -2.38. The Labute approximate surface area is 118 Å². The summed E-state index contributed by atoms with van der Waals surface area (Å²) in [6, 6.07) is 6.62. The molecule has 110 valence electrons. The number of rotatable bonds is 5. The first-order valence-electron chi connectivity index (χ1n) is 6.90. The van der Waals surface area contributed by atoms with Gasteiger partial charge in [0.25, 0.3) is 0 Å². The molecule has 0 aromatic heterocycles. The molecule has 1 atom stereocenters. The summed E-state index contributed by atoms with van der Waals surface area (Å²) >= 11 is 0. The summed E-state index contributed by atoms with van der Waals surface area (Å²) in [4.78, 5) is 13.6. The molecule has 5 nitrogen and oxygen atoms in total. The van der Waals surface area contributed by atoms with E-state index in [4.69, 9.17) is 4.74 Å². The maximum atomic E-state index is 11.4. The van der Waals surface area contributed by atoms with Crippen LogP contribution in [-0.2, 0) is 4.79 Å². The predicted octanol–water partition coefficient (Wildman–Crippen LogP) is 1.81. The van der Waals surface area contributed by atoms with Gasteiger partial charge in [-0.1, -0.05) is 12.1 Å². The second-order valence-corrected chi connectivity index (χ2v) is 5.36. The van der Waals surface area contributed by atoms with Crippen molar-refractivity contribution in [2.75, 3.05) is 26.7 Å². The Kier molecular flexibility index (Phi) is 4.84. The van der Waals surface area contributed by atoms with Crippen LogP contribution in [0.1, 0.15) is 12.8 Å². The van der Waals surface area contributed by atoms with Crippen LogP contribution in [0.5, 0.6) is 11.5 Å². The third kappa shape index (κ3) is 3.63. The van der Waals surface area contributed by atoms with Crippen molar-refractivity contribution in [2.45, 2.75) is 12.8 Å². The van der Waals surface area contributed by atoms with Crippen LogP contribution >= 0.6 is 0 Å². The van der Waals surface area contributed by atoms with Gasteiger partial charge in [-0.15, -0.1) is 0 Å². The molecule has 1 unspecified atom stereocenters. The lowest BCUT2D eigenvalue weighted by atomic mass is 9.85. The normalized spacial score (nSPS) is 18.6. The van der Waals surface area contributed by atoms with Crippen LogP contribution in [0, 0.1) is 11.8 Å². The quantitative estimate of drug-likeness (QED) is 0.860. The van der Waals surface area contributed by atoms with Gasteiger partial charge >= 0.3 is 5.97 Å². The largest absolute Gasteiger partial charge is 0.504 e. The highest BCUT2D eigenvalue weighted by atomic mass is 16.5. The van der Waals surface area contributed by atoms with Crippen molar-refractivity contribution in [3.63, 3.8) is 0 Å². The Balaban J connectivity index is 1.96. The standard InChI is InChI=1S/C15H21NO4/c1-16-8-6-11(7-9-16)12(15(18)19)10-20-14-5-3-2-4-13(14)17/h2-5,11-12,17H,6-10H2,1H3,(H,18,19). The van der Waals surface area contributed by atoms with Gasteiger partial charge in [-0.25, -0.2) is 0 Å². The number of ether oxygens (including phenoxy) is 1. The number of hydrogen-bond acceptors (Lipinski definition) is 4. The summed E-state index contributed by atoms with van der Waals surface area (Å²) < 4.78 is 5.50. The van der Waals surface area contributed by atoms with Crippen LogP contribution in [0.4, 0.5) is 0 Å². The summed E-state index contributed by atoms with van der Waals surface area (Å²) in [5, 5.41) is 19.0. The predicted molar refractivity (Wildman–Crippen MR) is 74.9 cm³/mol. The van der Waals surface area contributed by atoms with Gasteiger partial charge in [0, 0.05) is 0 Å². The van der Waals surface area contributed by atoms with Gasteiger partial charge in [-0.2, -0.15) is 0 Å². The molecule has 0 radical (unpaired) electrons. The van der Waals surface area contributed by atoms with E-state index in [1.807, 2.05) is 7.05 Å². The summed E-state index contributed by atoms with van der Waals surface area (Å²) in [6.45, 7) is 1.94. The van der Waals surface area contributed by atoms with Crippen LogP contribution in [0.2, 0.25) is 0 Å². The van der Waals surface area contributed by atoms with E-state index in [0.717, 1.165) is 25.9 Å². The second kappa shape index (κ2) is 6.61. The molecule has 1 heterocycles. The molecule has 2 N–H and O–H groups in total. The number of piperidine rings is 1. The molecule has 1 aliphatic rings. The van der Waals surface area contributed by atoms with E-state index in [1.54, 1.807) is 18.2 Å². The van der Waals surface area contributed by atoms with Crippen LogP contribution in [0.15, 0.2) is 24.3 Å². The molecule has 0 bridgehead atoms. The first-order chi connectivity index (χ1) is 9.58. The SMILES string of the molecule is CN1CCC(C(COc2ccccc2O)C(=O)O)CC1. The third-order valence-corrected chi connectivity index (χ3v) is 3.93. The smallest absolute Gasteiger partial charge is 0.310 e. The second-order valence-electron chi connectivity index (χ2n) is 5.36. The van der Waals surface area contributed by atoms with Crippen LogP contribution in [-0.4, -0.2) is 47.8 Å². The monoisotopic (exact) mass is 279 g/mol. The Hall–Kier alpha value is -1.75. The number of aliphatic carboxylic acids is 1. The molecule has 0 amide bonds. The minimum atomic E-state index is -0.824. The molecular formula is C15H21NO4. The van der Waals surface area contributed by atoms with E-state index in [9.17, 15) is 15.0 Å². The summed E-state index contributed by atoms with van der Waals surface area (Å²) in [5.41, 5.74) is 0. The van der Waals surface area contributed by atoms with Crippen LogP contribution < -0.4 is 4.74 Å². The van der Waals surface area contributed by atoms with Crippen molar-refractivity contribution in [2.24, 2.45) is 11.8 Å². The highest BCUT2D eigenvalue weighted by Crippen LogP contribution is 2.28. The molecule has 1 saturated heterocycles. The van der Waals surface area contributed by atoms with E-state index in [2.05, 4.69) is 4.90 Å². The molecule has 2 rings (SSSR count). The lowest BCUT2D eigenvalue weighted by molar-refractivity contribution is -0.145. The van der Waals surface area contributed by atoms with Gasteiger partial charge < -0.3 is 19.8 Å². The Morgan fingerprint density at radius 3 is 2.65 bits per heavy atom. The molecule has 1 aromatic carbocycles. The number of phenolic OH excluding ortho intramolecular Hbond substituents is 1. The maximum Gasteiger partial charge on any atom is 0.310 e. The molecular weight excluding hydrogens is 258 g/mol. The Morgan fingerprint density at radius 1 is 1.40 bits per heavy atom. The Bertz CT molecular complexity index is 455. The van der Waals surface area contributed by atoms with Gasteiger partial charge in [0.05, 0.1) is 5.92 Å². The molecule has 1 fully saturated rings. The third-order valence-electron chi connectivity index (χ3n) is 3.93. The molecule has 0 aliphatic carbocycles. The van der Waals surface area contributed by atoms with Crippen LogP contribution in [0.25, 0.3) is 0 Å². The van der Waals surface area contributed by atoms with Gasteiger partial charge in [0.1, 0.15) is 6.61 Å². The highest BCUT2D eigenvalue weighted by Gasteiger charge is 2.31. The molecule has 20 heavy (non-hydrogen) atoms. The van der Waals surface area contributed by atoms with Gasteiger partial charge in [0.2, 0.25) is 0 Å².